The molecule has 7 heteroatoms. The number of anilines is 1. The lowest BCUT2D eigenvalue weighted by atomic mass is 9.94. The first-order valence-electron chi connectivity index (χ1n) is 7.83. The molecule has 7 nitrogen and oxygen atoms in total. The topological polar surface area (TPSA) is 109 Å². The van der Waals surface area contributed by atoms with Crippen LogP contribution >= 0.6 is 0 Å². The molecule has 0 amide bonds. The number of nitrogen functional groups attached to an aromatic ring is 1. The third-order valence-corrected chi connectivity index (χ3v) is 5.21. The molecular weight excluding hydrogens is 282 g/mol. The molecule has 0 radical (unpaired) electrons. The molecule has 5 N–H and O–H groups in total. The number of rotatable bonds is 2. The fourth-order valence-electron chi connectivity index (χ4n) is 4.05. The number of hydrogen-bond donors (Lipinski definition) is 4. The number of nitrogens with two attached hydrogens (primary N) is 1. The van der Waals surface area contributed by atoms with Gasteiger partial charge >= 0.3 is 0 Å². The molecule has 1 aliphatic carbocycles. The molecule has 0 unspecified atom stereocenters. The number of fused-ring (bicyclic) bond motifs is 1. The van der Waals surface area contributed by atoms with Crippen LogP contribution in [-0.4, -0.2) is 49.5 Å². The predicted molar refractivity (Wildman–Crippen MR) is 82.1 cm³/mol. The van der Waals surface area contributed by atoms with E-state index >= 15 is 0 Å². The Morgan fingerprint density at radius 2 is 2.14 bits per heavy atom. The van der Waals surface area contributed by atoms with Crippen molar-refractivity contribution in [3.8, 4) is 0 Å². The van der Waals surface area contributed by atoms with Crippen LogP contribution < -0.4 is 11.1 Å². The largest absolute Gasteiger partial charge is 0.390 e. The molecule has 5 atom stereocenters. The SMILES string of the molecule is Nc1ncnc2c1ccn2[C@@H]1C[C@H]([C@H]2CCCN2)[C@@H](O)[C@H]1O. The Morgan fingerprint density at radius 1 is 1.27 bits per heavy atom. The predicted octanol–water partition coefficient (Wildman–Crippen LogP) is 0.0483. The van der Waals surface area contributed by atoms with Crippen molar-refractivity contribution < 1.29 is 10.2 Å². The van der Waals surface area contributed by atoms with Gasteiger partial charge in [0.1, 0.15) is 23.9 Å². The van der Waals surface area contributed by atoms with Crippen molar-refractivity contribution in [1.82, 2.24) is 19.9 Å². The molecule has 1 saturated heterocycles. The summed E-state index contributed by atoms with van der Waals surface area (Å²) >= 11 is 0. The quantitative estimate of drug-likeness (QED) is 0.624. The van der Waals surface area contributed by atoms with Gasteiger partial charge in [0, 0.05) is 18.2 Å². The van der Waals surface area contributed by atoms with E-state index in [2.05, 4.69) is 15.3 Å². The summed E-state index contributed by atoms with van der Waals surface area (Å²) in [5.74, 6) is 0.505. The van der Waals surface area contributed by atoms with Crippen molar-refractivity contribution in [1.29, 1.82) is 0 Å². The highest BCUT2D eigenvalue weighted by Gasteiger charge is 2.46. The van der Waals surface area contributed by atoms with Gasteiger partial charge in [-0.3, -0.25) is 0 Å². The van der Waals surface area contributed by atoms with E-state index < -0.39 is 12.2 Å². The Morgan fingerprint density at radius 3 is 2.91 bits per heavy atom. The fraction of sp³-hybridized carbons (Fsp3) is 0.600. The van der Waals surface area contributed by atoms with Gasteiger partial charge in [0.25, 0.3) is 0 Å². The van der Waals surface area contributed by atoms with E-state index in [0.29, 0.717) is 11.5 Å². The Bertz CT molecular complexity index is 682. The fourth-order valence-corrected chi connectivity index (χ4v) is 4.05. The Kier molecular flexibility index (Phi) is 3.28. The van der Waals surface area contributed by atoms with Crippen LogP contribution in [0.4, 0.5) is 5.82 Å². The smallest absolute Gasteiger partial charge is 0.145 e. The monoisotopic (exact) mass is 303 g/mol. The number of aliphatic hydroxyl groups excluding tert-OH is 2. The molecule has 22 heavy (non-hydrogen) atoms. The molecule has 0 aromatic carbocycles. The van der Waals surface area contributed by atoms with Gasteiger partial charge in [-0.1, -0.05) is 0 Å². The van der Waals surface area contributed by atoms with Crippen molar-refractivity contribution >= 4 is 16.9 Å². The highest BCUT2D eigenvalue weighted by atomic mass is 16.3. The van der Waals surface area contributed by atoms with Gasteiger partial charge in [0.2, 0.25) is 0 Å². The Balaban J connectivity index is 1.68. The molecule has 2 fully saturated rings. The molecule has 2 aromatic rings. The maximum atomic E-state index is 10.5. The molecule has 1 aliphatic heterocycles. The van der Waals surface area contributed by atoms with Crippen LogP contribution in [0.25, 0.3) is 11.0 Å². The lowest BCUT2D eigenvalue weighted by molar-refractivity contribution is 0.00115. The summed E-state index contributed by atoms with van der Waals surface area (Å²) in [5, 5.41) is 25.2. The maximum absolute atomic E-state index is 10.5. The zero-order valence-corrected chi connectivity index (χ0v) is 12.3. The van der Waals surface area contributed by atoms with Crippen LogP contribution in [-0.2, 0) is 0 Å². The number of nitrogens with zero attached hydrogens (tertiary/aromatic N) is 3. The van der Waals surface area contributed by atoms with E-state index in [4.69, 9.17) is 5.73 Å². The van der Waals surface area contributed by atoms with Gasteiger partial charge in [-0.05, 0) is 31.9 Å². The summed E-state index contributed by atoms with van der Waals surface area (Å²) in [5.41, 5.74) is 6.58. The average molecular weight is 303 g/mol. The second-order valence-electron chi connectivity index (χ2n) is 6.37. The molecular formula is C15H21N5O2. The first kappa shape index (κ1) is 13.9. The van der Waals surface area contributed by atoms with Gasteiger partial charge in [0.05, 0.1) is 17.5 Å². The number of aromatic nitrogens is 3. The van der Waals surface area contributed by atoms with Crippen molar-refractivity contribution in [2.75, 3.05) is 12.3 Å². The lowest BCUT2D eigenvalue weighted by Gasteiger charge is -2.22. The average Bonchev–Trinajstić information content (AvgIpc) is 3.21. The van der Waals surface area contributed by atoms with E-state index in [-0.39, 0.29) is 18.0 Å². The molecule has 1 saturated carbocycles. The summed E-state index contributed by atoms with van der Waals surface area (Å²) < 4.78 is 1.93. The normalized spacial score (nSPS) is 35.5. The molecule has 4 rings (SSSR count). The van der Waals surface area contributed by atoms with Crippen molar-refractivity contribution in [2.24, 2.45) is 5.92 Å². The van der Waals surface area contributed by atoms with Gasteiger partial charge < -0.3 is 25.8 Å². The van der Waals surface area contributed by atoms with Gasteiger partial charge in [-0.25, -0.2) is 9.97 Å². The van der Waals surface area contributed by atoms with Crippen molar-refractivity contribution in [3.05, 3.63) is 18.6 Å². The summed E-state index contributed by atoms with van der Waals surface area (Å²) in [4.78, 5) is 8.28. The zero-order chi connectivity index (χ0) is 15.3. The van der Waals surface area contributed by atoms with Crippen molar-refractivity contribution in [2.45, 2.75) is 43.6 Å². The van der Waals surface area contributed by atoms with Gasteiger partial charge in [-0.15, -0.1) is 0 Å². The van der Waals surface area contributed by atoms with Gasteiger partial charge in [0.15, 0.2) is 0 Å². The highest BCUT2D eigenvalue weighted by molar-refractivity contribution is 5.86. The molecule has 0 bridgehead atoms. The van der Waals surface area contributed by atoms with Crippen LogP contribution in [0, 0.1) is 5.92 Å². The van der Waals surface area contributed by atoms with E-state index in [0.717, 1.165) is 31.2 Å². The van der Waals surface area contributed by atoms with Crippen LogP contribution in [0.15, 0.2) is 18.6 Å². The molecule has 3 heterocycles. The minimum Gasteiger partial charge on any atom is -0.390 e. The first-order valence-corrected chi connectivity index (χ1v) is 7.83. The van der Waals surface area contributed by atoms with E-state index in [1.807, 2.05) is 16.8 Å². The van der Waals surface area contributed by atoms with E-state index in [1.165, 1.54) is 6.33 Å². The molecule has 118 valence electrons. The summed E-state index contributed by atoms with van der Waals surface area (Å²) in [6.07, 6.45) is 4.72. The Labute approximate surface area is 128 Å². The molecule has 2 aromatic heterocycles. The first-order chi connectivity index (χ1) is 10.7. The van der Waals surface area contributed by atoms with E-state index in [9.17, 15) is 10.2 Å². The maximum Gasteiger partial charge on any atom is 0.145 e. The van der Waals surface area contributed by atoms with Crippen LogP contribution in [0.2, 0.25) is 0 Å². The lowest BCUT2D eigenvalue weighted by Crippen LogP contribution is -2.38. The zero-order valence-electron chi connectivity index (χ0n) is 12.3. The third kappa shape index (κ3) is 2.00. The molecule has 2 aliphatic rings. The highest BCUT2D eigenvalue weighted by Crippen LogP contribution is 2.40. The number of hydrogen-bond acceptors (Lipinski definition) is 6. The van der Waals surface area contributed by atoms with Crippen LogP contribution in [0.3, 0.4) is 0 Å². The minimum absolute atomic E-state index is 0.0686. The Hall–Kier alpha value is -1.70. The second kappa shape index (κ2) is 5.19. The summed E-state index contributed by atoms with van der Waals surface area (Å²) in [6, 6.07) is 1.97. The standard InChI is InChI=1S/C15H21N5O2/c16-14-8-3-5-20(15(8)19-7-18-14)11-6-9(12(21)13(11)22)10-2-1-4-17-10/h3,5,7,9-13,17,21-22H,1-2,4,6H2,(H2,16,18,19)/t9-,10-,11-,12-,13+/m1/s1. The number of aliphatic hydroxyl groups is 2. The minimum atomic E-state index is -0.792. The molecule has 0 spiro atoms. The van der Waals surface area contributed by atoms with Gasteiger partial charge in [-0.2, -0.15) is 0 Å². The number of nitrogens with one attached hydrogen (secondary N) is 1. The van der Waals surface area contributed by atoms with E-state index in [1.54, 1.807) is 0 Å². The second-order valence-corrected chi connectivity index (χ2v) is 6.37. The summed E-state index contributed by atoms with van der Waals surface area (Å²) in [6.45, 7) is 0.991. The third-order valence-electron chi connectivity index (χ3n) is 5.21. The van der Waals surface area contributed by atoms with Crippen LogP contribution in [0.1, 0.15) is 25.3 Å². The van der Waals surface area contributed by atoms with Crippen molar-refractivity contribution in [3.63, 3.8) is 0 Å². The van der Waals surface area contributed by atoms with Crippen LogP contribution in [0.5, 0.6) is 0 Å². The summed E-state index contributed by atoms with van der Waals surface area (Å²) in [7, 11) is 0.